The molecule has 0 spiro atoms. The summed E-state index contributed by atoms with van der Waals surface area (Å²) in [4.78, 5) is 27.7. The quantitative estimate of drug-likeness (QED) is 0.398. The molecular formula is C22H19Cl2N7O3. The van der Waals surface area contributed by atoms with Crippen LogP contribution in [0.1, 0.15) is 0 Å². The standard InChI is InChI=1S/C22H19Cl2N7O3/c23-13-5-6-19(25-7-13)29-21(33)18(11-30-9-14(32)10-30)34-22-15-8-28-31(20(15)26-12-27-22)17-4-2-1-3-16(17)24/h1-8,12,14,18,32H,9-11H2,(H,25,29,33)/t18-/m0/s1. The molecule has 2 N–H and O–H groups in total. The lowest BCUT2D eigenvalue weighted by Gasteiger charge is -2.37. The summed E-state index contributed by atoms with van der Waals surface area (Å²) >= 11 is 12.2. The van der Waals surface area contributed by atoms with Gasteiger partial charge in [-0.1, -0.05) is 35.3 Å². The number of aliphatic hydroxyl groups excluding tert-OH is 1. The number of aliphatic hydroxyl groups is 1. The van der Waals surface area contributed by atoms with E-state index in [4.69, 9.17) is 27.9 Å². The molecule has 0 unspecified atom stereocenters. The first-order chi connectivity index (χ1) is 16.5. The number of hydrogen-bond acceptors (Lipinski definition) is 8. The minimum atomic E-state index is -0.938. The predicted molar refractivity (Wildman–Crippen MR) is 126 cm³/mol. The maximum atomic E-state index is 13.1. The van der Waals surface area contributed by atoms with Crippen molar-refractivity contribution in [1.82, 2.24) is 29.6 Å². The number of β-amino-alcohol motifs (C(OH)–C–C–N with tert-alkyl or cyclic N) is 1. The Labute approximate surface area is 204 Å². The molecule has 0 bridgehead atoms. The maximum Gasteiger partial charge on any atom is 0.268 e. The number of halogens is 2. The number of anilines is 1. The van der Waals surface area contributed by atoms with Crippen molar-refractivity contribution in [2.75, 3.05) is 25.0 Å². The summed E-state index contributed by atoms with van der Waals surface area (Å²) in [7, 11) is 0. The first kappa shape index (κ1) is 22.5. The van der Waals surface area contributed by atoms with Gasteiger partial charge in [0.2, 0.25) is 5.88 Å². The number of rotatable bonds is 7. The highest BCUT2D eigenvalue weighted by molar-refractivity contribution is 6.32. The summed E-state index contributed by atoms with van der Waals surface area (Å²) in [5.41, 5.74) is 1.14. The third-order valence-electron chi connectivity index (χ3n) is 5.30. The third kappa shape index (κ3) is 4.66. The Morgan fingerprint density at radius 3 is 2.71 bits per heavy atom. The van der Waals surface area contributed by atoms with Crippen molar-refractivity contribution in [2.45, 2.75) is 12.2 Å². The largest absolute Gasteiger partial charge is 0.462 e. The Balaban J connectivity index is 1.43. The van der Waals surface area contributed by atoms with Gasteiger partial charge in [-0.05, 0) is 24.3 Å². The number of nitrogens with one attached hydrogen (secondary N) is 1. The number of ether oxygens (including phenoxy) is 1. The number of likely N-dealkylation sites (tertiary alicyclic amines) is 1. The van der Waals surface area contributed by atoms with E-state index in [0.29, 0.717) is 45.7 Å². The van der Waals surface area contributed by atoms with E-state index in [1.807, 2.05) is 23.1 Å². The first-order valence-corrected chi connectivity index (χ1v) is 11.2. The van der Waals surface area contributed by atoms with E-state index in [1.165, 1.54) is 12.5 Å². The van der Waals surface area contributed by atoms with E-state index in [2.05, 4.69) is 25.4 Å². The molecule has 3 aromatic heterocycles. The molecule has 1 aliphatic heterocycles. The van der Waals surface area contributed by atoms with Crippen molar-refractivity contribution in [2.24, 2.45) is 0 Å². The molecule has 1 saturated heterocycles. The highest BCUT2D eigenvalue weighted by Gasteiger charge is 2.32. The highest BCUT2D eigenvalue weighted by atomic mass is 35.5. The van der Waals surface area contributed by atoms with Crippen LogP contribution < -0.4 is 10.1 Å². The lowest BCUT2D eigenvalue weighted by molar-refractivity contribution is -0.125. The van der Waals surface area contributed by atoms with Crippen LogP contribution in [0.5, 0.6) is 5.88 Å². The monoisotopic (exact) mass is 499 g/mol. The average Bonchev–Trinajstić information content (AvgIpc) is 3.24. The van der Waals surface area contributed by atoms with Crippen molar-refractivity contribution >= 4 is 46.0 Å². The van der Waals surface area contributed by atoms with Crippen molar-refractivity contribution in [1.29, 1.82) is 0 Å². The Morgan fingerprint density at radius 2 is 1.97 bits per heavy atom. The van der Waals surface area contributed by atoms with Gasteiger partial charge in [0.15, 0.2) is 11.8 Å². The zero-order chi connectivity index (χ0) is 23.7. The summed E-state index contributed by atoms with van der Waals surface area (Å²) in [6, 6.07) is 10.5. The second-order valence-corrected chi connectivity index (χ2v) is 8.60. The molecule has 12 heteroatoms. The zero-order valence-electron chi connectivity index (χ0n) is 17.7. The van der Waals surface area contributed by atoms with Crippen LogP contribution in [0.2, 0.25) is 10.0 Å². The van der Waals surface area contributed by atoms with Crippen LogP contribution in [0.4, 0.5) is 5.82 Å². The molecule has 34 heavy (non-hydrogen) atoms. The van der Waals surface area contributed by atoms with Gasteiger partial charge in [-0.25, -0.2) is 19.6 Å². The van der Waals surface area contributed by atoms with Gasteiger partial charge in [0.1, 0.15) is 17.5 Å². The normalized spacial score (nSPS) is 15.1. The van der Waals surface area contributed by atoms with E-state index in [-0.39, 0.29) is 12.4 Å². The number of pyridine rings is 1. The number of hydrogen-bond donors (Lipinski definition) is 2. The van der Waals surface area contributed by atoms with Crippen LogP contribution in [0, 0.1) is 0 Å². The molecule has 1 fully saturated rings. The number of amides is 1. The Hall–Kier alpha value is -3.31. The van der Waals surface area contributed by atoms with Crippen LogP contribution in [-0.4, -0.2) is 72.5 Å². The molecule has 1 amide bonds. The first-order valence-electron chi connectivity index (χ1n) is 10.4. The molecule has 1 aliphatic rings. The van der Waals surface area contributed by atoms with E-state index in [9.17, 15) is 9.90 Å². The Kier molecular flexibility index (Phi) is 6.29. The van der Waals surface area contributed by atoms with E-state index in [0.717, 1.165) is 0 Å². The molecule has 0 saturated carbocycles. The SMILES string of the molecule is O=C(Nc1ccc(Cl)cn1)[C@H](CN1CC(O)C1)Oc1ncnc2c1cnn2-c1ccccc1Cl. The molecule has 5 rings (SSSR count). The molecule has 174 valence electrons. The minimum absolute atomic E-state index is 0.202. The summed E-state index contributed by atoms with van der Waals surface area (Å²) in [5.74, 6) is 0.126. The number of carbonyl (C=O) groups is 1. The van der Waals surface area contributed by atoms with Crippen molar-refractivity contribution < 1.29 is 14.6 Å². The fraction of sp³-hybridized carbons (Fsp3) is 0.227. The second-order valence-electron chi connectivity index (χ2n) is 7.75. The van der Waals surface area contributed by atoms with Gasteiger partial charge < -0.3 is 15.2 Å². The topological polar surface area (TPSA) is 118 Å². The lowest BCUT2D eigenvalue weighted by Crippen LogP contribution is -2.55. The zero-order valence-corrected chi connectivity index (χ0v) is 19.2. The summed E-state index contributed by atoms with van der Waals surface area (Å²) in [5, 5.41) is 18.3. The second kappa shape index (κ2) is 9.51. The van der Waals surface area contributed by atoms with E-state index in [1.54, 1.807) is 29.1 Å². The van der Waals surface area contributed by atoms with Gasteiger partial charge in [0.05, 0.1) is 28.0 Å². The summed E-state index contributed by atoms with van der Waals surface area (Å²) in [6.07, 6.45) is 3.00. The highest BCUT2D eigenvalue weighted by Crippen LogP contribution is 2.27. The van der Waals surface area contributed by atoms with E-state index < -0.39 is 18.1 Å². The van der Waals surface area contributed by atoms with Crippen LogP contribution >= 0.6 is 23.2 Å². The third-order valence-corrected chi connectivity index (χ3v) is 5.84. The summed E-state index contributed by atoms with van der Waals surface area (Å²) in [6.45, 7) is 1.16. The van der Waals surface area contributed by atoms with Crippen molar-refractivity contribution in [3.05, 3.63) is 65.2 Å². The van der Waals surface area contributed by atoms with Gasteiger partial charge >= 0.3 is 0 Å². The van der Waals surface area contributed by atoms with Gasteiger partial charge in [0.25, 0.3) is 5.91 Å². The molecular weight excluding hydrogens is 481 g/mol. The van der Waals surface area contributed by atoms with Crippen LogP contribution in [-0.2, 0) is 4.79 Å². The fourth-order valence-corrected chi connectivity index (χ4v) is 3.94. The molecule has 10 nitrogen and oxygen atoms in total. The van der Waals surface area contributed by atoms with Crippen LogP contribution in [0.25, 0.3) is 16.7 Å². The van der Waals surface area contributed by atoms with Gasteiger partial charge in [0, 0.05) is 25.8 Å². The Bertz CT molecular complexity index is 1330. The minimum Gasteiger partial charge on any atom is -0.462 e. The average molecular weight is 500 g/mol. The molecule has 1 atom stereocenters. The molecule has 1 aromatic carbocycles. The van der Waals surface area contributed by atoms with Gasteiger partial charge in [-0.2, -0.15) is 5.10 Å². The maximum absolute atomic E-state index is 13.1. The van der Waals surface area contributed by atoms with Crippen LogP contribution in [0.15, 0.2) is 55.1 Å². The van der Waals surface area contributed by atoms with Crippen LogP contribution in [0.3, 0.4) is 0 Å². The number of carbonyl (C=O) groups excluding carboxylic acids is 1. The Morgan fingerprint density at radius 1 is 1.15 bits per heavy atom. The molecule has 0 aliphatic carbocycles. The molecule has 0 radical (unpaired) electrons. The van der Waals surface area contributed by atoms with Gasteiger partial charge in [-0.15, -0.1) is 0 Å². The molecule has 4 heterocycles. The predicted octanol–water partition coefficient (Wildman–Crippen LogP) is 2.58. The molecule has 4 aromatic rings. The van der Waals surface area contributed by atoms with Crippen molar-refractivity contribution in [3.63, 3.8) is 0 Å². The number of benzene rings is 1. The lowest BCUT2D eigenvalue weighted by atomic mass is 10.1. The van der Waals surface area contributed by atoms with Crippen molar-refractivity contribution in [3.8, 4) is 11.6 Å². The summed E-state index contributed by atoms with van der Waals surface area (Å²) < 4.78 is 7.67. The smallest absolute Gasteiger partial charge is 0.268 e. The number of nitrogens with zero attached hydrogens (tertiary/aromatic N) is 6. The van der Waals surface area contributed by atoms with Gasteiger partial charge in [-0.3, -0.25) is 9.69 Å². The number of para-hydroxylation sites is 1. The van der Waals surface area contributed by atoms with E-state index >= 15 is 0 Å². The number of fused-ring (bicyclic) bond motifs is 1. The fourth-order valence-electron chi connectivity index (χ4n) is 3.61. The number of aromatic nitrogens is 5.